The fourth-order valence-electron chi connectivity index (χ4n) is 1.77. The summed E-state index contributed by atoms with van der Waals surface area (Å²) in [4.78, 5) is 11.9. The Morgan fingerprint density at radius 3 is 2.35 bits per heavy atom. The van der Waals surface area contributed by atoms with Crippen LogP contribution in [0.15, 0.2) is 53.0 Å². The molecule has 0 bridgehead atoms. The van der Waals surface area contributed by atoms with Crippen LogP contribution < -0.4 is 4.74 Å². The third-order valence-electron chi connectivity index (χ3n) is 2.83. The van der Waals surface area contributed by atoms with Crippen LogP contribution in [0.2, 0.25) is 0 Å². The van der Waals surface area contributed by atoms with E-state index in [9.17, 15) is 18.0 Å². The molecule has 0 amide bonds. The molecule has 23 heavy (non-hydrogen) atoms. The molecule has 1 unspecified atom stereocenters. The van der Waals surface area contributed by atoms with Crippen molar-refractivity contribution in [2.75, 3.05) is 0 Å². The normalized spacial score (nSPS) is 12.6. The third-order valence-corrected chi connectivity index (χ3v) is 3.45. The Labute approximate surface area is 139 Å². The number of carbonyl (C=O) groups is 1. The van der Waals surface area contributed by atoms with Crippen molar-refractivity contribution in [3.05, 3.63) is 64.1 Å². The highest BCUT2D eigenvalue weighted by Crippen LogP contribution is 2.35. The Balaban J connectivity index is 2.03. The number of hydrogen-bond donors (Lipinski definition) is 0. The maximum atomic E-state index is 12.6. The maximum absolute atomic E-state index is 12.6. The maximum Gasteiger partial charge on any atom is 0.416 e. The van der Waals surface area contributed by atoms with E-state index in [-0.39, 0.29) is 10.2 Å². The number of carbonyl (C=O) groups excluding carboxylic acids is 1. The third kappa shape index (κ3) is 4.72. The van der Waals surface area contributed by atoms with Crippen LogP contribution in [0.3, 0.4) is 0 Å². The van der Waals surface area contributed by atoms with Gasteiger partial charge in [0, 0.05) is 6.92 Å². The van der Waals surface area contributed by atoms with Gasteiger partial charge in [0.25, 0.3) is 0 Å². The molecular formula is C16H12BrF3O3. The van der Waals surface area contributed by atoms with E-state index in [1.54, 1.807) is 30.3 Å². The molecule has 2 aromatic carbocycles. The highest BCUT2D eigenvalue weighted by molar-refractivity contribution is 9.10. The molecule has 2 rings (SSSR count). The van der Waals surface area contributed by atoms with Gasteiger partial charge in [-0.15, -0.1) is 0 Å². The van der Waals surface area contributed by atoms with Crippen molar-refractivity contribution < 1.29 is 27.4 Å². The molecule has 1 atom stereocenters. The zero-order valence-electron chi connectivity index (χ0n) is 11.9. The van der Waals surface area contributed by atoms with E-state index in [2.05, 4.69) is 15.9 Å². The first-order valence-corrected chi connectivity index (χ1v) is 7.36. The smallest absolute Gasteiger partial charge is 0.416 e. The van der Waals surface area contributed by atoms with E-state index in [4.69, 9.17) is 9.47 Å². The lowest BCUT2D eigenvalue weighted by atomic mass is 10.2. The molecule has 0 N–H and O–H groups in total. The van der Waals surface area contributed by atoms with E-state index in [1.165, 1.54) is 13.0 Å². The topological polar surface area (TPSA) is 35.5 Å². The standard InChI is InChI=1S/C16H12BrF3O3/c1-10(23-15(21)11-5-3-2-4-6-11)22-14-8-7-12(9-13(14)17)16(18,19)20/h2-10H,1H3. The molecule has 0 saturated carbocycles. The van der Waals surface area contributed by atoms with Gasteiger partial charge in [0.15, 0.2) is 0 Å². The van der Waals surface area contributed by atoms with Gasteiger partial charge in [0.1, 0.15) is 5.75 Å². The molecule has 3 nitrogen and oxygen atoms in total. The quantitative estimate of drug-likeness (QED) is 0.543. The number of benzene rings is 2. The molecule has 0 aliphatic carbocycles. The summed E-state index contributed by atoms with van der Waals surface area (Å²) in [6, 6.07) is 11.3. The van der Waals surface area contributed by atoms with E-state index < -0.39 is 24.0 Å². The molecule has 0 heterocycles. The van der Waals surface area contributed by atoms with Crippen LogP contribution in [-0.2, 0) is 10.9 Å². The molecule has 0 fully saturated rings. The molecule has 7 heteroatoms. The first-order valence-electron chi connectivity index (χ1n) is 6.57. The minimum Gasteiger partial charge on any atom is -0.454 e. The predicted octanol–water partition coefficient (Wildman–Crippen LogP) is 5.05. The molecule has 122 valence electrons. The van der Waals surface area contributed by atoms with Crippen molar-refractivity contribution in [1.82, 2.24) is 0 Å². The molecule has 0 saturated heterocycles. The van der Waals surface area contributed by atoms with Crippen molar-refractivity contribution >= 4 is 21.9 Å². The van der Waals surface area contributed by atoms with Crippen LogP contribution in [0.25, 0.3) is 0 Å². The van der Waals surface area contributed by atoms with Gasteiger partial charge < -0.3 is 9.47 Å². The Morgan fingerprint density at radius 2 is 1.78 bits per heavy atom. The van der Waals surface area contributed by atoms with Crippen LogP contribution in [0.4, 0.5) is 13.2 Å². The Morgan fingerprint density at radius 1 is 1.13 bits per heavy atom. The van der Waals surface area contributed by atoms with Gasteiger partial charge in [0.2, 0.25) is 6.29 Å². The van der Waals surface area contributed by atoms with Crippen molar-refractivity contribution in [3.63, 3.8) is 0 Å². The van der Waals surface area contributed by atoms with Crippen molar-refractivity contribution in [2.45, 2.75) is 19.4 Å². The lowest BCUT2D eigenvalue weighted by Crippen LogP contribution is -2.21. The molecule has 0 aliphatic heterocycles. The lowest BCUT2D eigenvalue weighted by Gasteiger charge is -2.17. The number of hydrogen-bond acceptors (Lipinski definition) is 3. The van der Waals surface area contributed by atoms with Crippen LogP contribution in [0.1, 0.15) is 22.8 Å². The Kier molecular flexibility index (Phi) is 5.30. The van der Waals surface area contributed by atoms with Gasteiger partial charge in [0.05, 0.1) is 15.6 Å². The second-order valence-corrected chi connectivity index (χ2v) is 5.45. The summed E-state index contributed by atoms with van der Waals surface area (Å²) >= 11 is 3.01. The average Bonchev–Trinajstić information content (AvgIpc) is 2.49. The number of ether oxygens (including phenoxy) is 2. The first kappa shape index (κ1) is 17.3. The van der Waals surface area contributed by atoms with Gasteiger partial charge in [-0.2, -0.15) is 13.2 Å². The number of rotatable bonds is 4. The summed E-state index contributed by atoms with van der Waals surface area (Å²) in [5.74, 6) is -0.438. The monoisotopic (exact) mass is 388 g/mol. The summed E-state index contributed by atoms with van der Waals surface area (Å²) in [7, 11) is 0. The Hall–Kier alpha value is -2.02. The largest absolute Gasteiger partial charge is 0.454 e. The van der Waals surface area contributed by atoms with Gasteiger partial charge in [-0.25, -0.2) is 4.79 Å². The van der Waals surface area contributed by atoms with Crippen LogP contribution in [-0.4, -0.2) is 12.3 Å². The fraction of sp³-hybridized carbons (Fsp3) is 0.188. The highest BCUT2D eigenvalue weighted by atomic mass is 79.9. The molecule has 0 aliphatic rings. The summed E-state index contributed by atoms with van der Waals surface area (Å²) < 4.78 is 48.3. The summed E-state index contributed by atoms with van der Waals surface area (Å²) in [5, 5.41) is 0. The van der Waals surface area contributed by atoms with Gasteiger partial charge in [-0.05, 0) is 46.3 Å². The predicted molar refractivity (Wildman–Crippen MR) is 81.1 cm³/mol. The molecule has 0 radical (unpaired) electrons. The van der Waals surface area contributed by atoms with Crippen molar-refractivity contribution in [3.8, 4) is 5.75 Å². The lowest BCUT2D eigenvalue weighted by molar-refractivity contribution is -0.137. The Bertz CT molecular complexity index is 687. The second-order valence-electron chi connectivity index (χ2n) is 4.60. The van der Waals surface area contributed by atoms with E-state index in [0.29, 0.717) is 5.56 Å². The summed E-state index contributed by atoms with van der Waals surface area (Å²) in [6.07, 6.45) is -5.40. The molecule has 0 aromatic heterocycles. The second kappa shape index (κ2) is 7.04. The fourth-order valence-corrected chi connectivity index (χ4v) is 2.24. The summed E-state index contributed by atoms with van der Waals surface area (Å²) in [6.45, 7) is 1.48. The molecule has 0 spiro atoms. The van der Waals surface area contributed by atoms with Crippen molar-refractivity contribution in [1.29, 1.82) is 0 Å². The van der Waals surface area contributed by atoms with Crippen LogP contribution in [0, 0.1) is 0 Å². The van der Waals surface area contributed by atoms with E-state index in [0.717, 1.165) is 12.1 Å². The van der Waals surface area contributed by atoms with Crippen LogP contribution in [0.5, 0.6) is 5.75 Å². The van der Waals surface area contributed by atoms with Crippen LogP contribution >= 0.6 is 15.9 Å². The minimum atomic E-state index is -4.44. The average molecular weight is 389 g/mol. The van der Waals surface area contributed by atoms with Gasteiger partial charge in [-0.3, -0.25) is 0 Å². The van der Waals surface area contributed by atoms with Gasteiger partial charge in [-0.1, -0.05) is 18.2 Å². The molecule has 2 aromatic rings. The zero-order chi connectivity index (χ0) is 17.0. The minimum absolute atomic E-state index is 0.120. The van der Waals surface area contributed by atoms with E-state index in [1.807, 2.05) is 0 Å². The molecular weight excluding hydrogens is 377 g/mol. The van der Waals surface area contributed by atoms with Crippen molar-refractivity contribution in [2.24, 2.45) is 0 Å². The summed E-state index contributed by atoms with van der Waals surface area (Å²) in [5.41, 5.74) is -0.444. The highest BCUT2D eigenvalue weighted by Gasteiger charge is 2.31. The van der Waals surface area contributed by atoms with E-state index >= 15 is 0 Å². The zero-order valence-corrected chi connectivity index (χ0v) is 13.5. The number of halogens is 4. The van der Waals surface area contributed by atoms with Gasteiger partial charge >= 0.3 is 12.1 Å². The number of alkyl halides is 3. The first-order chi connectivity index (χ1) is 10.8. The number of esters is 1. The SMILES string of the molecule is CC(OC(=O)c1ccccc1)Oc1ccc(C(F)(F)F)cc1Br.